The summed E-state index contributed by atoms with van der Waals surface area (Å²) in [6, 6.07) is 9.47. The van der Waals surface area contributed by atoms with Gasteiger partial charge in [-0.05, 0) is 51.2 Å². The van der Waals surface area contributed by atoms with Crippen LogP contribution in [0.1, 0.15) is 52.1 Å². The predicted octanol–water partition coefficient (Wildman–Crippen LogP) is 3.95. The zero-order chi connectivity index (χ0) is 22.1. The topological polar surface area (TPSA) is 68.1 Å². The van der Waals surface area contributed by atoms with Gasteiger partial charge in [-0.2, -0.15) is 5.10 Å². The first-order valence-electron chi connectivity index (χ1n) is 11.0. The van der Waals surface area contributed by atoms with E-state index in [1.807, 2.05) is 60.8 Å². The Morgan fingerprint density at radius 3 is 2.39 bits per heavy atom. The number of aryl methyl sites for hydroxylation is 4. The fourth-order valence-corrected chi connectivity index (χ4v) is 4.85. The zero-order valence-corrected chi connectivity index (χ0v) is 18.8. The second-order valence-electron chi connectivity index (χ2n) is 8.59. The van der Waals surface area contributed by atoms with E-state index in [1.165, 1.54) is 5.56 Å². The summed E-state index contributed by atoms with van der Waals surface area (Å²) in [7, 11) is 1.91. The van der Waals surface area contributed by atoms with Gasteiger partial charge in [0.15, 0.2) is 11.4 Å². The molecule has 1 aliphatic rings. The monoisotopic (exact) mass is 418 g/mol. The molecule has 3 heterocycles. The van der Waals surface area contributed by atoms with Gasteiger partial charge in [-0.15, -0.1) is 0 Å². The summed E-state index contributed by atoms with van der Waals surface area (Å²) in [5.74, 6) is 0.369. The predicted molar refractivity (Wildman–Crippen MR) is 121 cm³/mol. The van der Waals surface area contributed by atoms with Crippen LogP contribution >= 0.6 is 0 Å². The fourth-order valence-electron chi connectivity index (χ4n) is 4.85. The summed E-state index contributed by atoms with van der Waals surface area (Å²) in [6.45, 7) is 7.42. The number of piperidine rings is 1. The number of fused-ring (bicyclic) bond motifs is 1. The number of Topliss-reactive ketones (excluding diaryl/α,β-unsaturated/α-hetero) is 1. The molecule has 0 N–H and O–H groups in total. The maximum absolute atomic E-state index is 12.9. The highest BCUT2D eigenvalue weighted by Crippen LogP contribution is 2.27. The van der Waals surface area contributed by atoms with Crippen LogP contribution in [0.4, 0.5) is 0 Å². The molecule has 31 heavy (non-hydrogen) atoms. The number of pyridine rings is 1. The Kier molecular flexibility index (Phi) is 5.90. The number of likely N-dealkylation sites (tertiary alicyclic amines) is 1. The third kappa shape index (κ3) is 4.11. The molecule has 2 aromatic heterocycles. The number of aromatic nitrogens is 3. The highest BCUT2D eigenvalue weighted by molar-refractivity contribution is 5.98. The Bertz CT molecular complexity index is 1130. The van der Waals surface area contributed by atoms with Crippen molar-refractivity contribution >= 4 is 22.7 Å². The van der Waals surface area contributed by atoms with Crippen LogP contribution in [0.5, 0.6) is 0 Å². The summed E-state index contributed by atoms with van der Waals surface area (Å²) in [5, 5.41) is 5.59. The first-order valence-corrected chi connectivity index (χ1v) is 11.0. The van der Waals surface area contributed by atoms with Crippen molar-refractivity contribution in [3.05, 3.63) is 58.4 Å². The number of carbonyl (C=O) groups excluding carboxylic acids is 2. The van der Waals surface area contributed by atoms with Gasteiger partial charge in [0.1, 0.15) is 0 Å². The lowest BCUT2D eigenvalue weighted by molar-refractivity contribution is -0.132. The summed E-state index contributed by atoms with van der Waals surface area (Å²) in [5.41, 5.74) is 5.92. The van der Waals surface area contributed by atoms with Crippen LogP contribution in [0.15, 0.2) is 30.3 Å². The molecule has 0 atom stereocenters. The molecule has 4 rings (SSSR count). The molecule has 1 aliphatic heterocycles. The van der Waals surface area contributed by atoms with Gasteiger partial charge in [-0.3, -0.25) is 14.3 Å². The number of rotatable bonds is 5. The molecule has 1 amide bonds. The van der Waals surface area contributed by atoms with Crippen LogP contribution < -0.4 is 0 Å². The Morgan fingerprint density at radius 1 is 1.03 bits per heavy atom. The second-order valence-corrected chi connectivity index (χ2v) is 8.59. The average Bonchev–Trinajstić information content (AvgIpc) is 3.06. The van der Waals surface area contributed by atoms with E-state index in [0.717, 1.165) is 46.4 Å². The molecule has 0 saturated carbocycles. The van der Waals surface area contributed by atoms with Crippen LogP contribution in [0.3, 0.4) is 0 Å². The Labute approximate surface area is 183 Å². The molecule has 3 aromatic rings. The van der Waals surface area contributed by atoms with Crippen molar-refractivity contribution in [1.82, 2.24) is 19.7 Å². The largest absolute Gasteiger partial charge is 0.343 e. The molecule has 6 nitrogen and oxygen atoms in total. The van der Waals surface area contributed by atoms with E-state index in [2.05, 4.69) is 12.0 Å². The lowest BCUT2D eigenvalue weighted by atomic mass is 9.88. The van der Waals surface area contributed by atoms with Crippen molar-refractivity contribution in [2.24, 2.45) is 13.0 Å². The number of amides is 1. The lowest BCUT2D eigenvalue weighted by Crippen LogP contribution is -2.40. The van der Waals surface area contributed by atoms with Gasteiger partial charge in [0.2, 0.25) is 5.91 Å². The van der Waals surface area contributed by atoms with Crippen LogP contribution in [-0.2, 0) is 18.3 Å². The molecule has 1 saturated heterocycles. The molecule has 0 unspecified atom stereocenters. The number of hydrogen-bond acceptors (Lipinski definition) is 4. The smallest absolute Gasteiger partial charge is 0.222 e. The first kappa shape index (κ1) is 21.2. The maximum atomic E-state index is 12.9. The van der Waals surface area contributed by atoms with Crippen molar-refractivity contribution in [1.29, 1.82) is 0 Å². The molecule has 6 heteroatoms. The summed E-state index contributed by atoms with van der Waals surface area (Å²) >= 11 is 0. The van der Waals surface area contributed by atoms with Crippen LogP contribution in [0.2, 0.25) is 0 Å². The molecule has 162 valence electrons. The second kappa shape index (κ2) is 8.61. The Hall–Kier alpha value is -3.02. The SMILES string of the molecule is Cc1nc2c(c(C)nn2C)c(C)c1CCC(=O)N1CCC(C(=O)c2ccccc2)CC1. The van der Waals surface area contributed by atoms with Crippen molar-refractivity contribution in [3.8, 4) is 0 Å². The van der Waals surface area contributed by atoms with Crippen LogP contribution in [0.25, 0.3) is 11.0 Å². The minimum atomic E-state index is 0.0103. The molecule has 1 fully saturated rings. The maximum Gasteiger partial charge on any atom is 0.222 e. The third-order valence-corrected chi connectivity index (χ3v) is 6.60. The molecular weight excluding hydrogens is 388 g/mol. The standard InChI is InChI=1S/C25H30N4O2/c1-16-21(17(2)26-25-23(16)18(3)27-28(25)4)10-11-22(30)29-14-12-20(13-15-29)24(31)19-8-6-5-7-9-19/h5-9,20H,10-15H2,1-4H3. The summed E-state index contributed by atoms with van der Waals surface area (Å²) < 4.78 is 1.82. The Balaban J connectivity index is 1.38. The molecular formula is C25H30N4O2. The van der Waals surface area contributed by atoms with Gasteiger partial charge < -0.3 is 4.90 Å². The van der Waals surface area contributed by atoms with E-state index in [0.29, 0.717) is 25.9 Å². The molecule has 0 aliphatic carbocycles. The quantitative estimate of drug-likeness (QED) is 0.589. The number of carbonyl (C=O) groups is 2. The van der Waals surface area contributed by atoms with E-state index in [9.17, 15) is 9.59 Å². The van der Waals surface area contributed by atoms with Crippen molar-refractivity contribution < 1.29 is 9.59 Å². The third-order valence-electron chi connectivity index (χ3n) is 6.60. The van der Waals surface area contributed by atoms with Gasteiger partial charge in [-0.1, -0.05) is 30.3 Å². The van der Waals surface area contributed by atoms with Gasteiger partial charge in [0.25, 0.3) is 0 Å². The van der Waals surface area contributed by atoms with Crippen LogP contribution in [0, 0.1) is 26.7 Å². The minimum absolute atomic E-state index is 0.0103. The molecule has 0 radical (unpaired) electrons. The normalized spacial score (nSPS) is 14.9. The van der Waals surface area contributed by atoms with Crippen molar-refractivity contribution in [2.45, 2.75) is 46.5 Å². The zero-order valence-electron chi connectivity index (χ0n) is 18.8. The molecule has 0 bridgehead atoms. The average molecular weight is 419 g/mol. The van der Waals surface area contributed by atoms with Gasteiger partial charge in [0.05, 0.1) is 5.69 Å². The van der Waals surface area contributed by atoms with Crippen molar-refractivity contribution in [3.63, 3.8) is 0 Å². The molecule has 1 aromatic carbocycles. The summed E-state index contributed by atoms with van der Waals surface area (Å²) in [6.07, 6.45) is 2.61. The van der Waals surface area contributed by atoms with E-state index in [4.69, 9.17) is 4.98 Å². The highest BCUT2D eigenvalue weighted by Gasteiger charge is 2.28. The highest BCUT2D eigenvalue weighted by atomic mass is 16.2. The number of ketones is 1. The number of benzene rings is 1. The van der Waals surface area contributed by atoms with E-state index in [-0.39, 0.29) is 17.6 Å². The summed E-state index contributed by atoms with van der Waals surface area (Å²) in [4.78, 5) is 32.2. The van der Waals surface area contributed by atoms with E-state index < -0.39 is 0 Å². The number of nitrogens with zero attached hydrogens (tertiary/aromatic N) is 4. The van der Waals surface area contributed by atoms with Crippen LogP contribution in [-0.4, -0.2) is 44.4 Å². The van der Waals surface area contributed by atoms with E-state index >= 15 is 0 Å². The molecule has 0 spiro atoms. The van der Waals surface area contributed by atoms with E-state index in [1.54, 1.807) is 0 Å². The number of hydrogen-bond donors (Lipinski definition) is 0. The van der Waals surface area contributed by atoms with Gasteiger partial charge in [0, 0.05) is 49.1 Å². The van der Waals surface area contributed by atoms with Gasteiger partial charge in [-0.25, -0.2) is 4.98 Å². The first-order chi connectivity index (χ1) is 14.9. The lowest BCUT2D eigenvalue weighted by Gasteiger charge is -2.31. The Morgan fingerprint density at radius 2 is 1.71 bits per heavy atom. The van der Waals surface area contributed by atoms with Gasteiger partial charge >= 0.3 is 0 Å². The fraction of sp³-hybridized carbons (Fsp3) is 0.440. The minimum Gasteiger partial charge on any atom is -0.343 e. The van der Waals surface area contributed by atoms with Crippen molar-refractivity contribution in [2.75, 3.05) is 13.1 Å².